The van der Waals surface area contributed by atoms with Crippen LogP contribution in [0.3, 0.4) is 0 Å². The smallest absolute Gasteiger partial charge is 0.00708 e. The lowest BCUT2D eigenvalue weighted by molar-refractivity contribution is 0.482. The van der Waals surface area contributed by atoms with Crippen LogP contribution in [-0.4, -0.2) is 12.1 Å². The second-order valence-electron chi connectivity index (χ2n) is 2.95. The quantitative estimate of drug-likeness (QED) is 0.608. The molecule has 0 bridgehead atoms. The summed E-state index contributed by atoms with van der Waals surface area (Å²) >= 11 is 0. The Labute approximate surface area is 57.8 Å². The Morgan fingerprint density at radius 1 is 1.33 bits per heavy atom. The van der Waals surface area contributed by atoms with Gasteiger partial charge < -0.3 is 5.32 Å². The molecule has 1 rings (SSSR count). The lowest BCUT2D eigenvalue weighted by Gasteiger charge is -2.12. The minimum Gasteiger partial charge on any atom is -0.311 e. The highest BCUT2D eigenvalue weighted by Crippen LogP contribution is 2.20. The third kappa shape index (κ3) is 2.35. The van der Waals surface area contributed by atoms with Gasteiger partial charge >= 0.3 is 0 Å². The third-order valence-electron chi connectivity index (χ3n) is 2.03. The zero-order chi connectivity index (χ0) is 6.69. The Morgan fingerprint density at radius 3 is 2.22 bits per heavy atom. The topological polar surface area (TPSA) is 12.0 Å². The molecule has 0 heterocycles. The first-order valence-corrected chi connectivity index (χ1v) is 4.12. The summed E-state index contributed by atoms with van der Waals surface area (Å²) in [4.78, 5) is 0. The molecule has 1 aliphatic rings. The van der Waals surface area contributed by atoms with E-state index in [4.69, 9.17) is 0 Å². The van der Waals surface area contributed by atoms with Gasteiger partial charge in [0.1, 0.15) is 0 Å². The molecule has 1 saturated carbocycles. The second kappa shape index (κ2) is 3.21. The number of hydrogen-bond donors (Lipinski definition) is 1. The highest BCUT2D eigenvalue weighted by atomic mass is 15.0. The summed E-state index contributed by atoms with van der Waals surface area (Å²) in [5.74, 6) is 0. The SMILES string of the molecule is CCC(CC)NC1CC1. The maximum atomic E-state index is 3.59. The van der Waals surface area contributed by atoms with Crippen molar-refractivity contribution in [3.8, 4) is 0 Å². The predicted octanol–water partition coefficient (Wildman–Crippen LogP) is 1.93. The standard InChI is InChI=1S/C8H17N/c1-3-7(4-2)9-8-5-6-8/h7-9H,3-6H2,1-2H3. The molecule has 1 aliphatic carbocycles. The van der Waals surface area contributed by atoms with Crippen molar-refractivity contribution in [2.24, 2.45) is 0 Å². The molecule has 0 aromatic rings. The summed E-state index contributed by atoms with van der Waals surface area (Å²) in [6, 6.07) is 1.67. The van der Waals surface area contributed by atoms with Crippen LogP contribution in [0.2, 0.25) is 0 Å². The average Bonchev–Trinajstić information content (AvgIpc) is 2.66. The molecule has 0 spiro atoms. The minimum atomic E-state index is 0.789. The molecule has 0 amide bonds. The van der Waals surface area contributed by atoms with Crippen LogP contribution in [-0.2, 0) is 0 Å². The van der Waals surface area contributed by atoms with E-state index < -0.39 is 0 Å². The van der Waals surface area contributed by atoms with E-state index in [0.717, 1.165) is 12.1 Å². The molecule has 9 heavy (non-hydrogen) atoms. The summed E-state index contributed by atoms with van der Waals surface area (Å²) in [6.45, 7) is 4.51. The first-order valence-electron chi connectivity index (χ1n) is 4.12. The Hall–Kier alpha value is -0.0400. The molecule has 0 atom stereocenters. The van der Waals surface area contributed by atoms with Gasteiger partial charge in [0, 0.05) is 12.1 Å². The van der Waals surface area contributed by atoms with Crippen molar-refractivity contribution in [1.82, 2.24) is 5.32 Å². The highest BCUT2D eigenvalue weighted by molar-refractivity contribution is 4.83. The van der Waals surface area contributed by atoms with Crippen molar-refractivity contribution < 1.29 is 0 Å². The van der Waals surface area contributed by atoms with Gasteiger partial charge in [-0.2, -0.15) is 0 Å². The molecule has 0 aromatic carbocycles. The fourth-order valence-corrected chi connectivity index (χ4v) is 1.11. The maximum absolute atomic E-state index is 3.59. The average molecular weight is 127 g/mol. The minimum absolute atomic E-state index is 0.789. The molecule has 0 unspecified atom stereocenters. The van der Waals surface area contributed by atoms with Crippen molar-refractivity contribution >= 4 is 0 Å². The normalized spacial score (nSPS) is 19.0. The summed E-state index contributed by atoms with van der Waals surface area (Å²) in [5.41, 5.74) is 0. The predicted molar refractivity (Wildman–Crippen MR) is 40.5 cm³/mol. The molecule has 54 valence electrons. The molecule has 0 saturated heterocycles. The van der Waals surface area contributed by atoms with Crippen LogP contribution in [0.25, 0.3) is 0 Å². The van der Waals surface area contributed by atoms with E-state index in [-0.39, 0.29) is 0 Å². The lowest BCUT2D eigenvalue weighted by Crippen LogP contribution is -2.29. The van der Waals surface area contributed by atoms with E-state index in [1.54, 1.807) is 0 Å². The monoisotopic (exact) mass is 127 g/mol. The molecule has 1 heteroatoms. The number of nitrogens with one attached hydrogen (secondary N) is 1. The molecule has 0 aromatic heterocycles. The second-order valence-corrected chi connectivity index (χ2v) is 2.95. The summed E-state index contributed by atoms with van der Waals surface area (Å²) < 4.78 is 0. The van der Waals surface area contributed by atoms with E-state index in [1.807, 2.05) is 0 Å². The first-order chi connectivity index (χ1) is 4.36. The fourth-order valence-electron chi connectivity index (χ4n) is 1.11. The van der Waals surface area contributed by atoms with Gasteiger partial charge in [-0.05, 0) is 25.7 Å². The van der Waals surface area contributed by atoms with E-state index in [2.05, 4.69) is 19.2 Å². The molecular formula is C8H17N. The number of rotatable bonds is 4. The van der Waals surface area contributed by atoms with E-state index in [0.29, 0.717) is 0 Å². The van der Waals surface area contributed by atoms with Crippen LogP contribution in [0.1, 0.15) is 39.5 Å². The van der Waals surface area contributed by atoms with E-state index >= 15 is 0 Å². The van der Waals surface area contributed by atoms with Gasteiger partial charge in [0.2, 0.25) is 0 Å². The molecule has 0 radical (unpaired) electrons. The van der Waals surface area contributed by atoms with Gasteiger partial charge in [0.15, 0.2) is 0 Å². The van der Waals surface area contributed by atoms with Gasteiger partial charge in [0.25, 0.3) is 0 Å². The summed E-state index contributed by atoms with van der Waals surface area (Å²) in [7, 11) is 0. The molecule has 1 fully saturated rings. The Balaban J connectivity index is 2.05. The lowest BCUT2D eigenvalue weighted by atomic mass is 10.2. The largest absolute Gasteiger partial charge is 0.311 e. The Morgan fingerprint density at radius 2 is 1.89 bits per heavy atom. The third-order valence-corrected chi connectivity index (χ3v) is 2.03. The molecule has 1 nitrogen and oxygen atoms in total. The molecule has 0 aliphatic heterocycles. The summed E-state index contributed by atoms with van der Waals surface area (Å²) in [6.07, 6.45) is 5.40. The molecular weight excluding hydrogens is 110 g/mol. The zero-order valence-electron chi connectivity index (χ0n) is 6.48. The molecule has 1 N–H and O–H groups in total. The van der Waals surface area contributed by atoms with Gasteiger partial charge in [0.05, 0.1) is 0 Å². The first kappa shape index (κ1) is 7.07. The van der Waals surface area contributed by atoms with Crippen molar-refractivity contribution in [1.29, 1.82) is 0 Å². The Bertz CT molecular complexity index is 72.6. The van der Waals surface area contributed by atoms with Crippen LogP contribution in [0, 0.1) is 0 Å². The zero-order valence-corrected chi connectivity index (χ0v) is 6.48. The summed E-state index contributed by atoms with van der Waals surface area (Å²) in [5, 5.41) is 3.59. The van der Waals surface area contributed by atoms with Gasteiger partial charge in [-0.3, -0.25) is 0 Å². The van der Waals surface area contributed by atoms with Crippen LogP contribution >= 0.6 is 0 Å². The van der Waals surface area contributed by atoms with Crippen molar-refractivity contribution in [3.63, 3.8) is 0 Å². The van der Waals surface area contributed by atoms with E-state index in [1.165, 1.54) is 25.7 Å². The highest BCUT2D eigenvalue weighted by Gasteiger charge is 2.22. The number of hydrogen-bond acceptors (Lipinski definition) is 1. The van der Waals surface area contributed by atoms with Crippen molar-refractivity contribution in [2.45, 2.75) is 51.6 Å². The fraction of sp³-hybridized carbons (Fsp3) is 1.00. The van der Waals surface area contributed by atoms with Crippen LogP contribution in [0.5, 0.6) is 0 Å². The van der Waals surface area contributed by atoms with Gasteiger partial charge in [-0.1, -0.05) is 13.8 Å². The van der Waals surface area contributed by atoms with Crippen LogP contribution in [0.4, 0.5) is 0 Å². The van der Waals surface area contributed by atoms with Crippen molar-refractivity contribution in [3.05, 3.63) is 0 Å². The van der Waals surface area contributed by atoms with Gasteiger partial charge in [-0.15, -0.1) is 0 Å². The van der Waals surface area contributed by atoms with Crippen LogP contribution in [0.15, 0.2) is 0 Å². The van der Waals surface area contributed by atoms with Crippen molar-refractivity contribution in [2.75, 3.05) is 0 Å². The van der Waals surface area contributed by atoms with E-state index in [9.17, 15) is 0 Å². The maximum Gasteiger partial charge on any atom is 0.00708 e. The van der Waals surface area contributed by atoms with Crippen LogP contribution < -0.4 is 5.32 Å². The Kier molecular flexibility index (Phi) is 2.52. The van der Waals surface area contributed by atoms with Gasteiger partial charge in [-0.25, -0.2) is 0 Å².